The van der Waals surface area contributed by atoms with E-state index < -0.39 is 17.2 Å². The highest BCUT2D eigenvalue weighted by atomic mass is 19.2. The monoisotopic (exact) mass is 255 g/mol. The van der Waals surface area contributed by atoms with Crippen LogP contribution in [0, 0.1) is 11.6 Å². The second-order valence-electron chi connectivity index (χ2n) is 5.27. The second-order valence-corrected chi connectivity index (χ2v) is 5.27. The lowest BCUT2D eigenvalue weighted by molar-refractivity contribution is 0.0254. The molecule has 100 valence electrons. The summed E-state index contributed by atoms with van der Waals surface area (Å²) in [6, 6.07) is 4.13. The molecule has 4 heteroatoms. The molecule has 1 aliphatic heterocycles. The summed E-state index contributed by atoms with van der Waals surface area (Å²) in [5, 5.41) is 10.5. The number of rotatable bonds is 2. The normalized spacial score (nSPS) is 26.0. The zero-order valence-corrected chi connectivity index (χ0v) is 10.6. The van der Waals surface area contributed by atoms with Gasteiger partial charge in [-0.15, -0.1) is 0 Å². The predicted octanol–water partition coefficient (Wildman–Crippen LogP) is 2.35. The molecule has 0 radical (unpaired) electrons. The SMILES string of the molecule is CN1CCCC(O)(Cc2cccc(F)c2F)CC1. The van der Waals surface area contributed by atoms with Crippen LogP contribution in [0.1, 0.15) is 24.8 Å². The zero-order valence-electron chi connectivity index (χ0n) is 10.6. The molecule has 1 heterocycles. The molecule has 0 aromatic heterocycles. The molecule has 0 saturated carbocycles. The third kappa shape index (κ3) is 3.06. The molecule has 1 saturated heterocycles. The van der Waals surface area contributed by atoms with Crippen LogP contribution < -0.4 is 0 Å². The predicted molar refractivity (Wildman–Crippen MR) is 66.4 cm³/mol. The van der Waals surface area contributed by atoms with Crippen molar-refractivity contribution in [2.24, 2.45) is 0 Å². The van der Waals surface area contributed by atoms with Crippen LogP contribution >= 0.6 is 0 Å². The maximum absolute atomic E-state index is 13.6. The van der Waals surface area contributed by atoms with Crippen molar-refractivity contribution in [3.63, 3.8) is 0 Å². The van der Waals surface area contributed by atoms with Gasteiger partial charge in [0, 0.05) is 13.0 Å². The molecule has 1 fully saturated rings. The average Bonchev–Trinajstić information content (AvgIpc) is 2.48. The lowest BCUT2D eigenvalue weighted by atomic mass is 9.87. The summed E-state index contributed by atoms with van der Waals surface area (Å²) >= 11 is 0. The number of hydrogen-bond acceptors (Lipinski definition) is 2. The Hall–Kier alpha value is -1.00. The molecule has 1 N–H and O–H groups in total. The van der Waals surface area contributed by atoms with Crippen molar-refractivity contribution in [3.8, 4) is 0 Å². The van der Waals surface area contributed by atoms with Gasteiger partial charge < -0.3 is 10.0 Å². The van der Waals surface area contributed by atoms with E-state index >= 15 is 0 Å². The van der Waals surface area contributed by atoms with Crippen LogP contribution in [-0.4, -0.2) is 35.7 Å². The fraction of sp³-hybridized carbons (Fsp3) is 0.571. The topological polar surface area (TPSA) is 23.5 Å². The van der Waals surface area contributed by atoms with Crippen LogP contribution in [0.4, 0.5) is 8.78 Å². The second kappa shape index (κ2) is 5.33. The standard InChI is InChI=1S/C14H19F2NO/c1-17-8-3-6-14(18,7-9-17)10-11-4-2-5-12(15)13(11)16/h2,4-5,18H,3,6-10H2,1H3. The minimum atomic E-state index is -0.917. The summed E-state index contributed by atoms with van der Waals surface area (Å²) in [5.74, 6) is -1.68. The summed E-state index contributed by atoms with van der Waals surface area (Å²) in [6.07, 6.45) is 2.29. The van der Waals surface area contributed by atoms with Crippen molar-refractivity contribution in [3.05, 3.63) is 35.4 Å². The largest absolute Gasteiger partial charge is 0.389 e. The van der Waals surface area contributed by atoms with Crippen LogP contribution in [0.5, 0.6) is 0 Å². The molecule has 0 spiro atoms. The van der Waals surface area contributed by atoms with Gasteiger partial charge in [0.25, 0.3) is 0 Å². The van der Waals surface area contributed by atoms with Crippen molar-refractivity contribution in [1.82, 2.24) is 4.90 Å². The molecule has 1 aromatic rings. The van der Waals surface area contributed by atoms with Gasteiger partial charge in [-0.3, -0.25) is 0 Å². The fourth-order valence-corrected chi connectivity index (χ4v) is 2.53. The number of hydrogen-bond donors (Lipinski definition) is 1. The first kappa shape index (κ1) is 13.4. The summed E-state index contributed by atoms with van der Waals surface area (Å²) in [6.45, 7) is 1.72. The van der Waals surface area contributed by atoms with Gasteiger partial charge in [0.2, 0.25) is 0 Å². The molecule has 18 heavy (non-hydrogen) atoms. The van der Waals surface area contributed by atoms with Gasteiger partial charge in [-0.05, 0) is 44.5 Å². The Morgan fingerprint density at radius 3 is 2.83 bits per heavy atom. The lowest BCUT2D eigenvalue weighted by Crippen LogP contribution is -2.33. The first-order valence-corrected chi connectivity index (χ1v) is 6.34. The first-order chi connectivity index (χ1) is 8.50. The van der Waals surface area contributed by atoms with Crippen LogP contribution in [-0.2, 0) is 6.42 Å². The van der Waals surface area contributed by atoms with Gasteiger partial charge in [-0.25, -0.2) is 8.78 Å². The maximum atomic E-state index is 13.6. The molecule has 1 aromatic carbocycles. The van der Waals surface area contributed by atoms with Gasteiger partial charge in [0.15, 0.2) is 11.6 Å². The third-order valence-electron chi connectivity index (χ3n) is 3.69. The first-order valence-electron chi connectivity index (χ1n) is 6.34. The van der Waals surface area contributed by atoms with E-state index in [1.165, 1.54) is 6.07 Å². The molecule has 1 atom stereocenters. The Bertz CT molecular complexity index is 424. The highest BCUT2D eigenvalue weighted by Gasteiger charge is 2.30. The average molecular weight is 255 g/mol. The minimum Gasteiger partial charge on any atom is -0.389 e. The van der Waals surface area contributed by atoms with E-state index in [9.17, 15) is 13.9 Å². The molecular formula is C14H19F2NO. The highest BCUT2D eigenvalue weighted by molar-refractivity contribution is 5.21. The summed E-state index contributed by atoms with van der Waals surface area (Å²) in [4.78, 5) is 2.15. The quantitative estimate of drug-likeness (QED) is 0.877. The van der Waals surface area contributed by atoms with Crippen molar-refractivity contribution in [2.75, 3.05) is 20.1 Å². The molecule has 2 nitrogen and oxygen atoms in total. The molecule has 1 aliphatic rings. The zero-order chi connectivity index (χ0) is 13.2. The van der Waals surface area contributed by atoms with E-state index in [1.54, 1.807) is 6.07 Å². The molecular weight excluding hydrogens is 236 g/mol. The number of halogens is 2. The van der Waals surface area contributed by atoms with Crippen molar-refractivity contribution >= 4 is 0 Å². The van der Waals surface area contributed by atoms with E-state index in [4.69, 9.17) is 0 Å². The maximum Gasteiger partial charge on any atom is 0.162 e. The Morgan fingerprint density at radius 2 is 2.06 bits per heavy atom. The molecule has 0 aliphatic carbocycles. The fourth-order valence-electron chi connectivity index (χ4n) is 2.53. The highest BCUT2D eigenvalue weighted by Crippen LogP contribution is 2.27. The Kier molecular flexibility index (Phi) is 3.97. The number of benzene rings is 1. The van der Waals surface area contributed by atoms with Crippen LogP contribution in [0.25, 0.3) is 0 Å². The van der Waals surface area contributed by atoms with Gasteiger partial charge in [0.1, 0.15) is 0 Å². The smallest absolute Gasteiger partial charge is 0.162 e. The Balaban J connectivity index is 2.14. The van der Waals surface area contributed by atoms with Crippen LogP contribution in [0.2, 0.25) is 0 Å². The number of aliphatic hydroxyl groups is 1. The summed E-state index contributed by atoms with van der Waals surface area (Å²) < 4.78 is 26.7. The number of likely N-dealkylation sites (tertiary alicyclic amines) is 1. The van der Waals surface area contributed by atoms with Gasteiger partial charge in [-0.1, -0.05) is 12.1 Å². The van der Waals surface area contributed by atoms with Crippen molar-refractivity contribution in [1.29, 1.82) is 0 Å². The Morgan fingerprint density at radius 1 is 1.28 bits per heavy atom. The van der Waals surface area contributed by atoms with Crippen LogP contribution in [0.3, 0.4) is 0 Å². The molecule has 2 rings (SSSR count). The van der Waals surface area contributed by atoms with Gasteiger partial charge in [0.05, 0.1) is 5.60 Å². The Labute approximate surface area is 106 Å². The summed E-state index contributed by atoms with van der Waals surface area (Å²) in [7, 11) is 2.01. The van der Waals surface area contributed by atoms with E-state index in [1.807, 2.05) is 7.05 Å². The third-order valence-corrected chi connectivity index (χ3v) is 3.69. The van der Waals surface area contributed by atoms with E-state index in [0.717, 1.165) is 25.6 Å². The van der Waals surface area contributed by atoms with Crippen LogP contribution in [0.15, 0.2) is 18.2 Å². The number of nitrogens with zero attached hydrogens (tertiary/aromatic N) is 1. The van der Waals surface area contributed by atoms with E-state index in [-0.39, 0.29) is 12.0 Å². The molecule has 1 unspecified atom stereocenters. The van der Waals surface area contributed by atoms with Gasteiger partial charge >= 0.3 is 0 Å². The van der Waals surface area contributed by atoms with Gasteiger partial charge in [-0.2, -0.15) is 0 Å². The van der Waals surface area contributed by atoms with Crippen molar-refractivity contribution in [2.45, 2.75) is 31.3 Å². The van der Waals surface area contributed by atoms with Crippen molar-refractivity contribution < 1.29 is 13.9 Å². The molecule has 0 bridgehead atoms. The molecule has 0 amide bonds. The minimum absolute atomic E-state index is 0.185. The summed E-state index contributed by atoms with van der Waals surface area (Å²) in [5.41, 5.74) is -0.651. The van der Waals surface area contributed by atoms with E-state index in [2.05, 4.69) is 4.90 Å². The van der Waals surface area contributed by atoms with E-state index in [0.29, 0.717) is 12.8 Å². The lowest BCUT2D eigenvalue weighted by Gasteiger charge is -2.27.